The lowest BCUT2D eigenvalue weighted by Gasteiger charge is -2.69. The molecule has 4 aliphatic carbocycles. The highest BCUT2D eigenvalue weighted by Crippen LogP contribution is 2.74. The minimum absolute atomic E-state index is 0.0474. The third-order valence-corrected chi connectivity index (χ3v) is 11.6. The van der Waals surface area contributed by atoms with Crippen molar-refractivity contribution >= 4 is 11.9 Å². The van der Waals surface area contributed by atoms with Crippen molar-refractivity contribution in [3.05, 3.63) is 22.8 Å². The van der Waals surface area contributed by atoms with E-state index in [-0.39, 0.29) is 40.1 Å². The minimum Gasteiger partial charge on any atom is -0.478 e. The van der Waals surface area contributed by atoms with Gasteiger partial charge in [-0.15, -0.1) is 0 Å². The SMILES string of the molecule is CC(=O)O[C@@H]1C[C@@]2(C)[C@@H](C[C@@H](O)[C@H]3[C@@]4(C)CC[C@@H](O)[C@@H](C)[C@@H]4CC[C@@]32C)/C1=C(\CCC=C(C)C)C(=O)O. The van der Waals surface area contributed by atoms with Crippen LogP contribution in [-0.2, 0) is 14.3 Å². The molecule has 0 aromatic rings. The molecule has 4 aliphatic rings. The first-order valence-corrected chi connectivity index (χ1v) is 14.3. The molecule has 4 saturated carbocycles. The molecule has 6 heteroatoms. The zero-order chi connectivity index (χ0) is 27.5. The maximum Gasteiger partial charge on any atom is 0.331 e. The van der Waals surface area contributed by atoms with Crippen LogP contribution in [0.5, 0.6) is 0 Å². The van der Waals surface area contributed by atoms with Gasteiger partial charge in [-0.2, -0.15) is 0 Å². The van der Waals surface area contributed by atoms with Gasteiger partial charge >= 0.3 is 11.9 Å². The summed E-state index contributed by atoms with van der Waals surface area (Å²) in [5, 5.41) is 32.9. The predicted molar refractivity (Wildman–Crippen MR) is 143 cm³/mol. The number of fused-ring (bicyclic) bond motifs is 5. The lowest BCUT2D eigenvalue weighted by molar-refractivity contribution is -0.234. The van der Waals surface area contributed by atoms with E-state index in [2.05, 4.69) is 27.7 Å². The summed E-state index contributed by atoms with van der Waals surface area (Å²) in [6.45, 7) is 14.5. The number of carbonyl (C=O) groups excluding carboxylic acids is 1. The fraction of sp³-hybridized carbons (Fsp3) is 0.806. The number of aliphatic hydroxyl groups is 2. The van der Waals surface area contributed by atoms with Crippen LogP contribution in [0.25, 0.3) is 0 Å². The van der Waals surface area contributed by atoms with E-state index in [4.69, 9.17) is 4.74 Å². The summed E-state index contributed by atoms with van der Waals surface area (Å²) in [5.41, 5.74) is 1.57. The third kappa shape index (κ3) is 4.40. The molecule has 0 radical (unpaired) electrons. The van der Waals surface area contributed by atoms with Gasteiger partial charge in [0.15, 0.2) is 0 Å². The summed E-state index contributed by atoms with van der Waals surface area (Å²) in [6.07, 6.45) is 6.22. The smallest absolute Gasteiger partial charge is 0.331 e. The Bertz CT molecular complexity index is 994. The minimum atomic E-state index is -0.953. The molecule has 4 rings (SSSR count). The van der Waals surface area contributed by atoms with Crippen molar-refractivity contribution in [1.29, 1.82) is 0 Å². The average molecular weight is 517 g/mol. The predicted octanol–water partition coefficient (Wildman–Crippen LogP) is 5.67. The summed E-state index contributed by atoms with van der Waals surface area (Å²) < 4.78 is 5.87. The largest absolute Gasteiger partial charge is 0.478 e. The van der Waals surface area contributed by atoms with Crippen molar-refractivity contribution in [2.24, 2.45) is 39.9 Å². The van der Waals surface area contributed by atoms with E-state index in [1.54, 1.807) is 0 Å². The van der Waals surface area contributed by atoms with Crippen LogP contribution in [0, 0.1) is 39.9 Å². The van der Waals surface area contributed by atoms with Crippen molar-refractivity contribution in [1.82, 2.24) is 0 Å². The maximum absolute atomic E-state index is 12.6. The molecule has 0 spiro atoms. The zero-order valence-electron chi connectivity index (χ0n) is 23.8. The second kappa shape index (κ2) is 9.82. The van der Waals surface area contributed by atoms with E-state index in [9.17, 15) is 24.9 Å². The fourth-order valence-corrected chi connectivity index (χ4v) is 9.79. The number of carbonyl (C=O) groups is 2. The molecule has 4 fully saturated rings. The second-order valence-electron chi connectivity index (χ2n) is 13.6. The summed E-state index contributed by atoms with van der Waals surface area (Å²) in [6, 6.07) is 0. The van der Waals surface area contributed by atoms with E-state index >= 15 is 0 Å². The zero-order valence-corrected chi connectivity index (χ0v) is 23.8. The van der Waals surface area contributed by atoms with Gasteiger partial charge in [0.2, 0.25) is 0 Å². The highest BCUT2D eigenvalue weighted by molar-refractivity contribution is 5.88. The molecule has 0 aliphatic heterocycles. The van der Waals surface area contributed by atoms with E-state index in [1.807, 2.05) is 19.9 Å². The number of esters is 1. The molecule has 0 amide bonds. The molecular weight excluding hydrogens is 468 g/mol. The number of rotatable bonds is 5. The molecule has 3 N–H and O–H groups in total. The van der Waals surface area contributed by atoms with Gasteiger partial charge in [-0.1, -0.05) is 39.3 Å². The van der Waals surface area contributed by atoms with Gasteiger partial charge in [0.1, 0.15) is 6.10 Å². The Balaban J connectivity index is 1.82. The fourth-order valence-electron chi connectivity index (χ4n) is 9.79. The number of aliphatic carboxylic acids is 1. The van der Waals surface area contributed by atoms with Gasteiger partial charge < -0.3 is 20.1 Å². The number of carboxylic acids is 1. The number of hydrogen-bond acceptors (Lipinski definition) is 5. The Morgan fingerprint density at radius 3 is 2.30 bits per heavy atom. The number of ether oxygens (including phenoxy) is 1. The number of allylic oxidation sites excluding steroid dienone is 2. The lowest BCUT2D eigenvalue weighted by Crippen LogP contribution is -2.65. The van der Waals surface area contributed by atoms with Crippen molar-refractivity contribution in [2.45, 2.75) is 118 Å². The highest BCUT2D eigenvalue weighted by Gasteiger charge is 2.70. The van der Waals surface area contributed by atoms with E-state index in [1.165, 1.54) is 6.92 Å². The highest BCUT2D eigenvalue weighted by atomic mass is 16.5. The summed E-state index contributed by atoms with van der Waals surface area (Å²) in [7, 11) is 0. The van der Waals surface area contributed by atoms with Crippen molar-refractivity contribution < 1.29 is 29.6 Å². The van der Waals surface area contributed by atoms with Crippen molar-refractivity contribution in [2.75, 3.05) is 0 Å². The maximum atomic E-state index is 12.6. The summed E-state index contributed by atoms with van der Waals surface area (Å²) in [4.78, 5) is 24.8. The van der Waals surface area contributed by atoms with Crippen LogP contribution < -0.4 is 0 Å². The Hall–Kier alpha value is -1.66. The molecule has 208 valence electrons. The Kier molecular flexibility index (Phi) is 7.53. The number of aliphatic hydroxyl groups excluding tert-OH is 2. The molecule has 6 nitrogen and oxygen atoms in total. The molecule has 0 saturated heterocycles. The molecule has 0 bridgehead atoms. The third-order valence-electron chi connectivity index (χ3n) is 11.6. The van der Waals surface area contributed by atoms with Crippen LogP contribution in [0.1, 0.15) is 99.8 Å². The number of carboxylic acid groups (broad SMARTS) is 1. The molecule has 0 unspecified atom stereocenters. The Labute approximate surface area is 222 Å². The van der Waals surface area contributed by atoms with Crippen LogP contribution in [0.2, 0.25) is 0 Å². The van der Waals surface area contributed by atoms with E-state index in [0.29, 0.717) is 37.2 Å². The van der Waals surface area contributed by atoms with Gasteiger partial charge in [0, 0.05) is 12.5 Å². The second-order valence-corrected chi connectivity index (χ2v) is 13.6. The topological polar surface area (TPSA) is 104 Å². The first-order valence-electron chi connectivity index (χ1n) is 14.3. The van der Waals surface area contributed by atoms with Gasteiger partial charge in [0.05, 0.1) is 12.2 Å². The molecule has 37 heavy (non-hydrogen) atoms. The van der Waals surface area contributed by atoms with E-state index in [0.717, 1.165) is 36.8 Å². The van der Waals surface area contributed by atoms with Crippen LogP contribution in [0.15, 0.2) is 22.8 Å². The molecular formula is C31H48O6. The summed E-state index contributed by atoms with van der Waals surface area (Å²) in [5.74, 6) is -0.909. The van der Waals surface area contributed by atoms with Crippen molar-refractivity contribution in [3.8, 4) is 0 Å². The Morgan fingerprint density at radius 2 is 1.70 bits per heavy atom. The van der Waals surface area contributed by atoms with Crippen LogP contribution >= 0.6 is 0 Å². The first kappa shape index (κ1) is 28.4. The van der Waals surface area contributed by atoms with Gasteiger partial charge in [-0.25, -0.2) is 4.79 Å². The van der Waals surface area contributed by atoms with Gasteiger partial charge in [0.25, 0.3) is 0 Å². The standard InChI is InChI=1S/C31H48O6/c1-17(2)9-8-10-20(28(35)36)26-22-15-24(34)27-29(5)13-12-23(33)18(3)21(29)11-14-30(27,6)31(22,7)16-25(26)37-19(4)32/h9,18,21-25,27,33-34H,8,10-16H2,1-7H3,(H,35,36)/b26-20-/t18-,21-,22-,23+,24+,25+,27-,29-,30-,31-/m0/s1. The average Bonchev–Trinajstić information content (AvgIpc) is 3.05. The summed E-state index contributed by atoms with van der Waals surface area (Å²) >= 11 is 0. The molecule has 0 heterocycles. The van der Waals surface area contributed by atoms with E-state index < -0.39 is 24.1 Å². The van der Waals surface area contributed by atoms with Gasteiger partial charge in [-0.05, 0) is 111 Å². The molecule has 0 aromatic heterocycles. The number of hydrogen-bond donors (Lipinski definition) is 3. The lowest BCUT2D eigenvalue weighted by atomic mass is 9.36. The molecule has 0 aromatic carbocycles. The van der Waals surface area contributed by atoms with Crippen LogP contribution in [-0.4, -0.2) is 45.6 Å². The van der Waals surface area contributed by atoms with Crippen LogP contribution in [0.4, 0.5) is 0 Å². The Morgan fingerprint density at radius 1 is 1.03 bits per heavy atom. The molecule has 10 atom stereocenters. The first-order chi connectivity index (χ1) is 17.2. The van der Waals surface area contributed by atoms with Crippen molar-refractivity contribution in [3.63, 3.8) is 0 Å². The van der Waals surface area contributed by atoms with Gasteiger partial charge in [-0.3, -0.25) is 4.79 Å². The quantitative estimate of drug-likeness (QED) is 0.247. The normalized spacial score (nSPS) is 46.2. The monoisotopic (exact) mass is 516 g/mol. The van der Waals surface area contributed by atoms with Crippen LogP contribution in [0.3, 0.4) is 0 Å².